The maximum Gasteiger partial charge on any atom is 0.139 e. The smallest absolute Gasteiger partial charge is 0.139 e. The first-order valence-corrected chi connectivity index (χ1v) is 7.04. The maximum absolute atomic E-state index is 10.4. The molecule has 0 bridgehead atoms. The van der Waals surface area contributed by atoms with E-state index in [9.17, 15) is 20.4 Å². The number of rotatable bonds is 4. The summed E-state index contributed by atoms with van der Waals surface area (Å²) in [6, 6.07) is 8.87. The fraction of sp³-hybridized carbons (Fsp3) is 0.600. The average Bonchev–Trinajstić information content (AvgIpc) is 2.51. The Balaban J connectivity index is 2.07. The number of aliphatic hydroxyl groups excluding tert-OH is 4. The summed E-state index contributed by atoms with van der Waals surface area (Å²) in [7, 11) is 1.70. The Morgan fingerprint density at radius 3 is 2.38 bits per heavy atom. The molecule has 0 aliphatic carbocycles. The fourth-order valence-electron chi connectivity index (χ4n) is 2.53. The van der Waals surface area contributed by atoms with E-state index in [0.29, 0.717) is 0 Å². The van der Waals surface area contributed by atoms with Crippen LogP contribution < -0.4 is 0 Å². The third-order valence-corrected chi connectivity index (χ3v) is 4.12. The molecule has 1 saturated heterocycles. The molecule has 21 heavy (non-hydrogen) atoms. The van der Waals surface area contributed by atoms with E-state index in [4.69, 9.17) is 4.74 Å². The van der Waals surface area contributed by atoms with Crippen LogP contribution in [-0.4, -0.2) is 69.6 Å². The van der Waals surface area contributed by atoms with Crippen molar-refractivity contribution in [3.05, 3.63) is 35.9 Å². The minimum atomic E-state index is -1.26. The Bertz CT molecular complexity index is 443. The van der Waals surface area contributed by atoms with Crippen molar-refractivity contribution in [2.24, 2.45) is 0 Å². The van der Waals surface area contributed by atoms with Crippen LogP contribution in [0.2, 0.25) is 0 Å². The number of ether oxygens (including phenoxy) is 1. The van der Waals surface area contributed by atoms with Crippen molar-refractivity contribution in [3.8, 4) is 0 Å². The molecule has 0 radical (unpaired) electrons. The lowest BCUT2D eigenvalue weighted by Gasteiger charge is -2.43. The summed E-state index contributed by atoms with van der Waals surface area (Å²) in [5.74, 6) is 0. The quantitative estimate of drug-likeness (QED) is 0.597. The van der Waals surface area contributed by atoms with Crippen molar-refractivity contribution in [3.63, 3.8) is 0 Å². The molecular weight excluding hydrogens is 274 g/mol. The number of hydrogen-bond acceptors (Lipinski definition) is 6. The van der Waals surface area contributed by atoms with E-state index in [-0.39, 0.29) is 12.6 Å². The second-order valence-corrected chi connectivity index (χ2v) is 5.53. The maximum atomic E-state index is 10.4. The predicted octanol–water partition coefficient (Wildman–Crippen LogP) is -0.521. The lowest BCUT2D eigenvalue weighted by atomic mass is 9.99. The van der Waals surface area contributed by atoms with Crippen molar-refractivity contribution < 1.29 is 25.2 Å². The van der Waals surface area contributed by atoms with Gasteiger partial charge in [0.25, 0.3) is 0 Å². The van der Waals surface area contributed by atoms with E-state index in [1.165, 1.54) is 0 Å². The van der Waals surface area contributed by atoms with Gasteiger partial charge in [0.1, 0.15) is 24.5 Å². The lowest BCUT2D eigenvalue weighted by molar-refractivity contribution is -0.233. The average molecular weight is 297 g/mol. The number of benzene rings is 1. The van der Waals surface area contributed by atoms with Gasteiger partial charge in [-0.3, -0.25) is 4.90 Å². The van der Waals surface area contributed by atoms with Gasteiger partial charge < -0.3 is 25.2 Å². The third kappa shape index (κ3) is 3.42. The van der Waals surface area contributed by atoms with Crippen LogP contribution in [0.25, 0.3) is 0 Å². The van der Waals surface area contributed by atoms with E-state index in [2.05, 4.69) is 0 Å². The van der Waals surface area contributed by atoms with Crippen LogP contribution in [0.3, 0.4) is 0 Å². The molecule has 6 heteroatoms. The van der Waals surface area contributed by atoms with Gasteiger partial charge in [-0.2, -0.15) is 0 Å². The third-order valence-electron chi connectivity index (χ3n) is 4.12. The standard InChI is InChI=1S/C15H23NO5/c1-9(12(18)10-6-4-3-5-7-10)16(2)15-14(20)13(19)11(17)8-21-15/h3-7,9,11-15,17-20H,8H2,1-2H3/t9-,11+,12+,13-,14+,15+/m0/s1. The highest BCUT2D eigenvalue weighted by molar-refractivity contribution is 5.18. The molecule has 118 valence electrons. The second-order valence-electron chi connectivity index (χ2n) is 5.53. The Kier molecular flexibility index (Phi) is 5.32. The topological polar surface area (TPSA) is 93.4 Å². The van der Waals surface area contributed by atoms with Crippen LogP contribution in [0.1, 0.15) is 18.6 Å². The summed E-state index contributed by atoms with van der Waals surface area (Å²) in [6.07, 6.45) is -5.12. The van der Waals surface area contributed by atoms with Crippen molar-refractivity contribution >= 4 is 0 Å². The number of likely N-dealkylation sites (N-methyl/N-ethyl adjacent to an activating group) is 1. The molecule has 4 N–H and O–H groups in total. The molecule has 2 rings (SSSR count). The largest absolute Gasteiger partial charge is 0.388 e. The molecule has 6 nitrogen and oxygen atoms in total. The molecule has 1 aromatic carbocycles. The molecule has 0 unspecified atom stereocenters. The van der Waals surface area contributed by atoms with Crippen molar-refractivity contribution in [1.82, 2.24) is 4.90 Å². The van der Waals surface area contributed by atoms with E-state index >= 15 is 0 Å². The van der Waals surface area contributed by atoms with Gasteiger partial charge in [-0.05, 0) is 19.5 Å². The fourth-order valence-corrected chi connectivity index (χ4v) is 2.53. The molecule has 0 aromatic heterocycles. The molecule has 6 atom stereocenters. The Hall–Kier alpha value is -1.02. The number of aliphatic hydroxyl groups is 4. The van der Waals surface area contributed by atoms with E-state index in [1.54, 1.807) is 11.9 Å². The van der Waals surface area contributed by atoms with Crippen molar-refractivity contribution in [1.29, 1.82) is 0 Å². The normalized spacial score (nSPS) is 32.9. The Morgan fingerprint density at radius 1 is 1.14 bits per heavy atom. The Labute approximate surface area is 124 Å². The molecule has 0 spiro atoms. The Morgan fingerprint density at radius 2 is 1.76 bits per heavy atom. The van der Waals surface area contributed by atoms with Gasteiger partial charge in [0, 0.05) is 6.04 Å². The monoisotopic (exact) mass is 297 g/mol. The minimum absolute atomic E-state index is 0.0542. The van der Waals surface area contributed by atoms with E-state index < -0.39 is 30.6 Å². The highest BCUT2D eigenvalue weighted by Gasteiger charge is 2.41. The summed E-state index contributed by atoms with van der Waals surface area (Å²) in [5, 5.41) is 39.6. The SMILES string of the molecule is C[C@@H]([C@@H](O)c1ccccc1)N(C)[C@@H]1OC[C@@H](O)[C@H](O)[C@H]1O. The van der Waals surface area contributed by atoms with E-state index in [1.807, 2.05) is 37.3 Å². The number of nitrogens with zero attached hydrogens (tertiary/aromatic N) is 1. The summed E-state index contributed by atoms with van der Waals surface area (Å²) in [6.45, 7) is 1.76. The zero-order valence-electron chi connectivity index (χ0n) is 12.2. The van der Waals surface area contributed by atoms with Crippen molar-refractivity contribution in [2.75, 3.05) is 13.7 Å². The molecule has 1 heterocycles. The summed E-state index contributed by atoms with van der Waals surface area (Å²) in [4.78, 5) is 1.66. The van der Waals surface area contributed by atoms with Crippen LogP contribution >= 0.6 is 0 Å². The van der Waals surface area contributed by atoms with Crippen LogP contribution in [0.4, 0.5) is 0 Å². The molecule has 1 fully saturated rings. The zero-order chi connectivity index (χ0) is 15.6. The molecule has 1 aliphatic rings. The molecule has 0 saturated carbocycles. The molecule has 1 aliphatic heterocycles. The van der Waals surface area contributed by atoms with Gasteiger partial charge in [0.15, 0.2) is 0 Å². The lowest BCUT2D eigenvalue weighted by Crippen LogP contribution is -2.60. The van der Waals surface area contributed by atoms with Gasteiger partial charge >= 0.3 is 0 Å². The minimum Gasteiger partial charge on any atom is -0.388 e. The van der Waals surface area contributed by atoms with Crippen molar-refractivity contribution in [2.45, 2.75) is 43.6 Å². The summed E-state index contributed by atoms with van der Waals surface area (Å²) >= 11 is 0. The first kappa shape index (κ1) is 16.4. The van der Waals surface area contributed by atoms with Gasteiger partial charge in [0.2, 0.25) is 0 Å². The van der Waals surface area contributed by atoms with Crippen LogP contribution in [0.15, 0.2) is 30.3 Å². The van der Waals surface area contributed by atoms with Crippen LogP contribution in [-0.2, 0) is 4.74 Å². The second kappa shape index (κ2) is 6.83. The molecule has 0 amide bonds. The van der Waals surface area contributed by atoms with Gasteiger partial charge in [-0.1, -0.05) is 30.3 Å². The number of hydrogen-bond donors (Lipinski definition) is 4. The van der Waals surface area contributed by atoms with Crippen LogP contribution in [0.5, 0.6) is 0 Å². The zero-order valence-corrected chi connectivity index (χ0v) is 12.2. The highest BCUT2D eigenvalue weighted by atomic mass is 16.5. The van der Waals surface area contributed by atoms with Crippen LogP contribution in [0, 0.1) is 0 Å². The molecule has 1 aromatic rings. The van der Waals surface area contributed by atoms with Gasteiger partial charge in [-0.25, -0.2) is 0 Å². The van der Waals surface area contributed by atoms with Gasteiger partial charge in [-0.15, -0.1) is 0 Å². The predicted molar refractivity (Wildman–Crippen MR) is 76.4 cm³/mol. The first-order chi connectivity index (χ1) is 9.93. The summed E-state index contributed by atoms with van der Waals surface area (Å²) < 4.78 is 5.40. The first-order valence-electron chi connectivity index (χ1n) is 7.04. The van der Waals surface area contributed by atoms with E-state index in [0.717, 1.165) is 5.56 Å². The highest BCUT2D eigenvalue weighted by Crippen LogP contribution is 2.25. The van der Waals surface area contributed by atoms with Gasteiger partial charge in [0.05, 0.1) is 12.7 Å². The molecular formula is C15H23NO5. The summed E-state index contributed by atoms with van der Waals surface area (Å²) in [5.41, 5.74) is 0.766.